The number of aryl methyl sites for hydroxylation is 2. The van der Waals surface area contributed by atoms with Crippen molar-refractivity contribution in [3.05, 3.63) is 53.1 Å². The number of nitrogens with one attached hydrogen (secondary N) is 1. The summed E-state index contributed by atoms with van der Waals surface area (Å²) in [7, 11) is 0. The molecule has 1 aliphatic heterocycles. The molecule has 4 nitrogen and oxygen atoms in total. The van der Waals surface area contributed by atoms with Gasteiger partial charge in [0.2, 0.25) is 0 Å². The first kappa shape index (κ1) is 17.7. The molecule has 1 heterocycles. The van der Waals surface area contributed by atoms with Crippen LogP contribution in [0.2, 0.25) is 0 Å². The molecule has 0 spiro atoms. The SMILES string of the molecule is Cc1ccc(SCCCCOc2ccc3c(c2)COC(=O)N3)cc1C. The minimum absolute atomic E-state index is 0.297. The first-order valence-corrected chi connectivity index (χ1v) is 9.50. The van der Waals surface area contributed by atoms with Crippen molar-refractivity contribution in [3.63, 3.8) is 0 Å². The minimum atomic E-state index is -0.401. The summed E-state index contributed by atoms with van der Waals surface area (Å²) >= 11 is 1.90. The molecule has 0 saturated carbocycles. The molecule has 0 saturated heterocycles. The Labute approximate surface area is 152 Å². The van der Waals surface area contributed by atoms with Crippen LogP contribution in [-0.4, -0.2) is 18.5 Å². The molecule has 1 amide bonds. The van der Waals surface area contributed by atoms with Gasteiger partial charge in [-0.25, -0.2) is 4.79 Å². The van der Waals surface area contributed by atoms with Crippen LogP contribution in [0.1, 0.15) is 29.5 Å². The van der Waals surface area contributed by atoms with Gasteiger partial charge in [-0.1, -0.05) is 6.07 Å². The molecule has 0 aliphatic carbocycles. The number of rotatable bonds is 7. The van der Waals surface area contributed by atoms with E-state index in [0.29, 0.717) is 13.2 Å². The Kier molecular flexibility index (Phi) is 5.87. The lowest BCUT2D eigenvalue weighted by Crippen LogP contribution is -2.20. The van der Waals surface area contributed by atoms with Gasteiger partial charge in [0.05, 0.1) is 12.3 Å². The van der Waals surface area contributed by atoms with Crippen molar-refractivity contribution < 1.29 is 14.3 Å². The highest BCUT2D eigenvalue weighted by Gasteiger charge is 2.15. The van der Waals surface area contributed by atoms with E-state index < -0.39 is 6.09 Å². The Morgan fingerprint density at radius 1 is 1.12 bits per heavy atom. The van der Waals surface area contributed by atoms with Crippen molar-refractivity contribution >= 4 is 23.5 Å². The van der Waals surface area contributed by atoms with E-state index in [1.807, 2.05) is 30.0 Å². The molecule has 2 aromatic carbocycles. The number of anilines is 1. The fraction of sp³-hybridized carbons (Fsp3) is 0.350. The molecule has 0 unspecified atom stereocenters. The normalized spacial score (nSPS) is 13.0. The van der Waals surface area contributed by atoms with Crippen molar-refractivity contribution in [2.75, 3.05) is 17.7 Å². The zero-order valence-electron chi connectivity index (χ0n) is 14.6. The molecule has 132 valence electrons. The molecule has 0 radical (unpaired) electrons. The van der Waals surface area contributed by atoms with Crippen molar-refractivity contribution in [1.82, 2.24) is 0 Å². The average Bonchev–Trinajstić information content (AvgIpc) is 2.61. The van der Waals surface area contributed by atoms with Crippen LogP contribution in [0.3, 0.4) is 0 Å². The second-order valence-corrected chi connectivity index (χ2v) is 7.34. The average molecular weight is 357 g/mol. The molecular weight excluding hydrogens is 334 g/mol. The molecule has 1 N–H and O–H groups in total. The summed E-state index contributed by atoms with van der Waals surface area (Å²) in [6, 6.07) is 12.3. The van der Waals surface area contributed by atoms with Gasteiger partial charge in [-0.15, -0.1) is 11.8 Å². The van der Waals surface area contributed by atoms with Crippen LogP contribution in [0.4, 0.5) is 10.5 Å². The molecule has 0 fully saturated rings. The number of hydrogen-bond acceptors (Lipinski definition) is 4. The van der Waals surface area contributed by atoms with Crippen molar-refractivity contribution in [2.45, 2.75) is 38.2 Å². The van der Waals surface area contributed by atoms with Crippen LogP contribution in [0, 0.1) is 13.8 Å². The third-order valence-electron chi connectivity index (χ3n) is 4.23. The molecular formula is C20H23NO3S. The van der Waals surface area contributed by atoms with E-state index in [0.717, 1.165) is 35.6 Å². The standard InChI is InChI=1S/C20H23NO3S/c1-14-5-7-18(11-15(14)2)25-10-4-3-9-23-17-6-8-19-16(12-17)13-24-20(22)21-19/h5-8,11-12H,3-4,9-10,13H2,1-2H3,(H,21,22). The van der Waals surface area contributed by atoms with E-state index in [-0.39, 0.29) is 0 Å². The van der Waals surface area contributed by atoms with Crippen LogP contribution < -0.4 is 10.1 Å². The number of amides is 1. The zero-order chi connectivity index (χ0) is 17.6. The summed E-state index contributed by atoms with van der Waals surface area (Å²) in [6.45, 7) is 5.29. The maximum atomic E-state index is 11.2. The van der Waals surface area contributed by atoms with Crippen LogP contribution in [0.15, 0.2) is 41.3 Å². The summed E-state index contributed by atoms with van der Waals surface area (Å²) in [5.74, 6) is 1.91. The molecule has 0 bridgehead atoms. The highest BCUT2D eigenvalue weighted by atomic mass is 32.2. The number of carbonyl (C=O) groups is 1. The van der Waals surface area contributed by atoms with Crippen molar-refractivity contribution in [3.8, 4) is 5.75 Å². The van der Waals surface area contributed by atoms with Gasteiger partial charge in [-0.05, 0) is 73.9 Å². The number of fused-ring (bicyclic) bond motifs is 1. The lowest BCUT2D eigenvalue weighted by molar-refractivity contribution is 0.151. The second-order valence-electron chi connectivity index (χ2n) is 6.17. The largest absolute Gasteiger partial charge is 0.494 e. The monoisotopic (exact) mass is 357 g/mol. The van der Waals surface area contributed by atoms with Gasteiger partial charge >= 0.3 is 6.09 Å². The summed E-state index contributed by atoms with van der Waals surface area (Å²) < 4.78 is 10.8. The molecule has 5 heteroatoms. The second kappa shape index (κ2) is 8.30. The van der Waals surface area contributed by atoms with E-state index in [4.69, 9.17) is 9.47 Å². The highest BCUT2D eigenvalue weighted by molar-refractivity contribution is 7.99. The highest BCUT2D eigenvalue weighted by Crippen LogP contribution is 2.26. The Balaban J connectivity index is 1.37. The van der Waals surface area contributed by atoms with E-state index in [1.165, 1.54) is 16.0 Å². The molecule has 0 atom stereocenters. The molecule has 2 aromatic rings. The third-order valence-corrected chi connectivity index (χ3v) is 5.31. The maximum Gasteiger partial charge on any atom is 0.411 e. The summed E-state index contributed by atoms with van der Waals surface area (Å²) in [5.41, 5.74) is 4.43. The zero-order valence-corrected chi connectivity index (χ0v) is 15.4. The minimum Gasteiger partial charge on any atom is -0.494 e. The predicted molar refractivity (Wildman–Crippen MR) is 102 cm³/mol. The molecule has 1 aliphatic rings. The van der Waals surface area contributed by atoms with Crippen LogP contribution in [-0.2, 0) is 11.3 Å². The van der Waals surface area contributed by atoms with Crippen LogP contribution in [0.5, 0.6) is 5.75 Å². The predicted octanol–water partition coefficient (Wildman–Crippen LogP) is 5.32. The van der Waals surface area contributed by atoms with Crippen molar-refractivity contribution in [2.24, 2.45) is 0 Å². The quantitative estimate of drug-likeness (QED) is 0.538. The summed E-state index contributed by atoms with van der Waals surface area (Å²) in [5, 5.41) is 2.67. The number of thioether (sulfide) groups is 1. The van der Waals surface area contributed by atoms with E-state index >= 15 is 0 Å². The number of carbonyl (C=O) groups excluding carboxylic acids is 1. The van der Waals surface area contributed by atoms with Gasteiger partial charge in [-0.3, -0.25) is 5.32 Å². The number of hydrogen-bond donors (Lipinski definition) is 1. The first-order chi connectivity index (χ1) is 12.1. The van der Waals surface area contributed by atoms with E-state index in [2.05, 4.69) is 37.4 Å². The van der Waals surface area contributed by atoms with Gasteiger partial charge in [0.15, 0.2) is 0 Å². The lowest BCUT2D eigenvalue weighted by atomic mass is 10.1. The number of unbranched alkanes of at least 4 members (excludes halogenated alkanes) is 1. The maximum absolute atomic E-state index is 11.2. The smallest absolute Gasteiger partial charge is 0.411 e. The van der Waals surface area contributed by atoms with Gasteiger partial charge in [0, 0.05) is 10.5 Å². The molecule has 0 aromatic heterocycles. The molecule has 3 rings (SSSR count). The third kappa shape index (κ3) is 4.92. The summed E-state index contributed by atoms with van der Waals surface area (Å²) in [4.78, 5) is 12.5. The van der Waals surface area contributed by atoms with E-state index in [9.17, 15) is 4.79 Å². The van der Waals surface area contributed by atoms with Crippen molar-refractivity contribution in [1.29, 1.82) is 0 Å². The Bertz CT molecular complexity index is 761. The fourth-order valence-electron chi connectivity index (χ4n) is 2.58. The Hall–Kier alpha value is -2.14. The Morgan fingerprint density at radius 3 is 2.84 bits per heavy atom. The van der Waals surface area contributed by atoms with Gasteiger partial charge in [-0.2, -0.15) is 0 Å². The topological polar surface area (TPSA) is 47.6 Å². The fourth-order valence-corrected chi connectivity index (χ4v) is 3.59. The number of ether oxygens (including phenoxy) is 2. The number of benzene rings is 2. The van der Waals surface area contributed by atoms with E-state index in [1.54, 1.807) is 0 Å². The van der Waals surface area contributed by atoms with Crippen LogP contribution in [0.25, 0.3) is 0 Å². The van der Waals surface area contributed by atoms with Gasteiger partial charge < -0.3 is 9.47 Å². The number of cyclic esters (lactones) is 1. The van der Waals surface area contributed by atoms with Crippen LogP contribution >= 0.6 is 11.8 Å². The Morgan fingerprint density at radius 2 is 2.00 bits per heavy atom. The van der Waals surface area contributed by atoms with Gasteiger partial charge in [0.1, 0.15) is 12.4 Å². The van der Waals surface area contributed by atoms with Gasteiger partial charge in [0.25, 0.3) is 0 Å². The summed E-state index contributed by atoms with van der Waals surface area (Å²) in [6.07, 6.45) is 1.73. The lowest BCUT2D eigenvalue weighted by Gasteiger charge is -2.18. The first-order valence-electron chi connectivity index (χ1n) is 8.51. The molecule has 25 heavy (non-hydrogen) atoms.